The van der Waals surface area contributed by atoms with Gasteiger partial charge in [0, 0.05) is 20.1 Å². The van der Waals surface area contributed by atoms with Crippen molar-refractivity contribution in [3.8, 4) is 0 Å². The van der Waals surface area contributed by atoms with Crippen LogP contribution in [-0.2, 0) is 14.4 Å². The van der Waals surface area contributed by atoms with Crippen LogP contribution in [0.3, 0.4) is 0 Å². The van der Waals surface area contributed by atoms with Crippen LogP contribution in [0.15, 0.2) is 0 Å². The van der Waals surface area contributed by atoms with Gasteiger partial charge in [0.1, 0.15) is 5.41 Å². The van der Waals surface area contributed by atoms with Gasteiger partial charge in [-0.05, 0) is 25.7 Å². The first-order chi connectivity index (χ1) is 9.01. The number of hydrogen-bond acceptors (Lipinski definition) is 3. The van der Waals surface area contributed by atoms with Crippen LogP contribution < -0.4 is 5.32 Å². The second kappa shape index (κ2) is 5.19. The first-order valence-corrected chi connectivity index (χ1v) is 6.75. The molecule has 2 aliphatic rings. The first kappa shape index (κ1) is 13.8. The molecule has 1 heterocycles. The van der Waals surface area contributed by atoms with Crippen LogP contribution in [0, 0.1) is 11.3 Å². The van der Waals surface area contributed by atoms with E-state index in [2.05, 4.69) is 5.32 Å². The predicted molar refractivity (Wildman–Crippen MR) is 67.3 cm³/mol. The lowest BCUT2D eigenvalue weighted by Crippen LogP contribution is -2.55. The van der Waals surface area contributed by atoms with Gasteiger partial charge in [0.2, 0.25) is 11.8 Å². The smallest absolute Gasteiger partial charge is 0.319 e. The van der Waals surface area contributed by atoms with E-state index in [1.165, 1.54) is 0 Å². The van der Waals surface area contributed by atoms with Gasteiger partial charge in [0.25, 0.3) is 0 Å². The van der Waals surface area contributed by atoms with Crippen molar-refractivity contribution < 1.29 is 19.5 Å². The number of rotatable bonds is 3. The Labute approximate surface area is 112 Å². The zero-order chi connectivity index (χ0) is 14.0. The molecule has 106 valence electrons. The number of carbonyl (C=O) groups excluding carboxylic acids is 2. The molecule has 6 nitrogen and oxygen atoms in total. The molecule has 19 heavy (non-hydrogen) atoms. The molecule has 2 rings (SSSR count). The van der Waals surface area contributed by atoms with Gasteiger partial charge in [0.05, 0.1) is 5.92 Å². The van der Waals surface area contributed by atoms with E-state index in [1.807, 2.05) is 0 Å². The maximum Gasteiger partial charge on any atom is 0.319 e. The summed E-state index contributed by atoms with van der Waals surface area (Å²) < 4.78 is 0. The van der Waals surface area contributed by atoms with Crippen molar-refractivity contribution in [2.75, 3.05) is 20.1 Å². The molecule has 2 amide bonds. The largest absolute Gasteiger partial charge is 0.480 e. The first-order valence-electron chi connectivity index (χ1n) is 6.75. The molecule has 0 spiro atoms. The maximum absolute atomic E-state index is 12.4. The molecule has 0 aromatic carbocycles. The molecular formula is C13H20N2O4. The third kappa shape index (κ3) is 2.31. The Morgan fingerprint density at radius 3 is 2.42 bits per heavy atom. The molecule has 0 bridgehead atoms. The van der Waals surface area contributed by atoms with Gasteiger partial charge in [-0.15, -0.1) is 0 Å². The van der Waals surface area contributed by atoms with Crippen molar-refractivity contribution in [2.45, 2.75) is 32.1 Å². The van der Waals surface area contributed by atoms with Crippen molar-refractivity contribution in [3.63, 3.8) is 0 Å². The molecule has 1 aliphatic heterocycles. The van der Waals surface area contributed by atoms with Crippen LogP contribution in [0.4, 0.5) is 0 Å². The second-order valence-corrected chi connectivity index (χ2v) is 5.45. The van der Waals surface area contributed by atoms with E-state index < -0.39 is 11.4 Å². The maximum atomic E-state index is 12.4. The lowest BCUT2D eigenvalue weighted by Gasteiger charge is -2.42. The molecule has 1 aliphatic carbocycles. The minimum absolute atomic E-state index is 0.0736. The molecule has 0 radical (unpaired) electrons. The number of aliphatic carboxylic acids is 1. The number of carbonyl (C=O) groups is 3. The van der Waals surface area contributed by atoms with Gasteiger partial charge >= 0.3 is 5.97 Å². The lowest BCUT2D eigenvalue weighted by atomic mass is 9.67. The van der Waals surface area contributed by atoms with E-state index in [9.17, 15) is 19.5 Å². The summed E-state index contributed by atoms with van der Waals surface area (Å²) in [4.78, 5) is 36.9. The Morgan fingerprint density at radius 1 is 1.26 bits per heavy atom. The zero-order valence-corrected chi connectivity index (χ0v) is 11.1. The average molecular weight is 268 g/mol. The standard InChI is InChI=1S/C13H20N2O4/c1-14-10(16)9-4-2-7-15(8-9)11(17)13(12(18)19)5-3-6-13/h9H,2-8H2,1H3,(H,14,16)(H,18,19). The summed E-state index contributed by atoms with van der Waals surface area (Å²) in [5.41, 5.74) is -1.22. The van der Waals surface area contributed by atoms with Crippen molar-refractivity contribution in [2.24, 2.45) is 11.3 Å². The van der Waals surface area contributed by atoms with E-state index in [1.54, 1.807) is 11.9 Å². The van der Waals surface area contributed by atoms with Gasteiger partial charge < -0.3 is 15.3 Å². The fraction of sp³-hybridized carbons (Fsp3) is 0.769. The average Bonchev–Trinajstić information content (AvgIpc) is 2.36. The van der Waals surface area contributed by atoms with Crippen LogP contribution in [0.25, 0.3) is 0 Å². The SMILES string of the molecule is CNC(=O)C1CCCN(C(=O)C2(C(=O)O)CCC2)C1. The summed E-state index contributed by atoms with van der Waals surface area (Å²) in [6.45, 7) is 0.898. The van der Waals surface area contributed by atoms with Crippen LogP contribution >= 0.6 is 0 Å². The Balaban J connectivity index is 2.07. The van der Waals surface area contributed by atoms with Crippen molar-refractivity contribution >= 4 is 17.8 Å². The highest BCUT2D eigenvalue weighted by Gasteiger charge is 2.53. The normalized spacial score (nSPS) is 25.3. The highest BCUT2D eigenvalue weighted by atomic mass is 16.4. The van der Waals surface area contributed by atoms with Crippen LogP contribution in [0.1, 0.15) is 32.1 Å². The Hall–Kier alpha value is -1.59. The number of carboxylic acids is 1. The second-order valence-electron chi connectivity index (χ2n) is 5.45. The fourth-order valence-electron chi connectivity index (χ4n) is 2.93. The molecule has 0 aromatic rings. The van der Waals surface area contributed by atoms with E-state index in [0.29, 0.717) is 25.9 Å². The minimum atomic E-state index is -1.22. The van der Waals surface area contributed by atoms with Crippen molar-refractivity contribution in [1.82, 2.24) is 10.2 Å². The quantitative estimate of drug-likeness (QED) is 0.717. The summed E-state index contributed by atoms with van der Waals surface area (Å²) in [7, 11) is 1.58. The van der Waals surface area contributed by atoms with E-state index >= 15 is 0 Å². The monoisotopic (exact) mass is 268 g/mol. The molecule has 1 unspecified atom stereocenters. The van der Waals surface area contributed by atoms with Crippen LogP contribution in [0.5, 0.6) is 0 Å². The number of likely N-dealkylation sites (tertiary alicyclic amines) is 1. The molecule has 2 N–H and O–H groups in total. The summed E-state index contributed by atoms with van der Waals surface area (Å²) >= 11 is 0. The summed E-state index contributed by atoms with van der Waals surface area (Å²) in [6, 6.07) is 0. The number of carboxylic acid groups (broad SMARTS) is 1. The molecule has 1 atom stereocenters. The highest BCUT2D eigenvalue weighted by molar-refractivity contribution is 6.03. The van der Waals surface area contributed by atoms with E-state index in [4.69, 9.17) is 0 Å². The molecule has 6 heteroatoms. The van der Waals surface area contributed by atoms with Crippen molar-refractivity contribution in [1.29, 1.82) is 0 Å². The minimum Gasteiger partial charge on any atom is -0.480 e. The van der Waals surface area contributed by atoms with Gasteiger partial charge in [-0.1, -0.05) is 6.42 Å². The summed E-state index contributed by atoms with van der Waals surface area (Å²) in [5.74, 6) is -1.62. The number of nitrogens with one attached hydrogen (secondary N) is 1. The molecule has 0 aromatic heterocycles. The van der Waals surface area contributed by atoms with E-state index in [0.717, 1.165) is 19.3 Å². The third-order valence-electron chi connectivity index (χ3n) is 4.35. The summed E-state index contributed by atoms with van der Waals surface area (Å²) in [5, 5.41) is 11.9. The van der Waals surface area contributed by atoms with Crippen LogP contribution in [0.2, 0.25) is 0 Å². The Morgan fingerprint density at radius 2 is 1.95 bits per heavy atom. The molecular weight excluding hydrogens is 248 g/mol. The Kier molecular flexibility index (Phi) is 3.78. The van der Waals surface area contributed by atoms with Crippen molar-refractivity contribution in [3.05, 3.63) is 0 Å². The van der Waals surface area contributed by atoms with Crippen LogP contribution in [-0.4, -0.2) is 47.9 Å². The highest BCUT2D eigenvalue weighted by Crippen LogP contribution is 2.43. The molecule has 2 fully saturated rings. The predicted octanol–water partition coefficient (Wildman–Crippen LogP) is 0.226. The fourth-order valence-corrected chi connectivity index (χ4v) is 2.93. The molecule has 1 saturated heterocycles. The van der Waals surface area contributed by atoms with Gasteiger partial charge in [-0.2, -0.15) is 0 Å². The lowest BCUT2D eigenvalue weighted by molar-refractivity contribution is -0.168. The third-order valence-corrected chi connectivity index (χ3v) is 4.35. The Bertz CT molecular complexity index is 403. The number of hydrogen-bond donors (Lipinski definition) is 2. The van der Waals surface area contributed by atoms with Gasteiger partial charge in [-0.25, -0.2) is 0 Å². The number of nitrogens with zero attached hydrogens (tertiary/aromatic N) is 1. The number of piperidine rings is 1. The summed E-state index contributed by atoms with van der Waals surface area (Å²) in [6.07, 6.45) is 3.12. The topological polar surface area (TPSA) is 86.7 Å². The van der Waals surface area contributed by atoms with Gasteiger partial charge in [0.15, 0.2) is 0 Å². The zero-order valence-electron chi connectivity index (χ0n) is 11.1. The molecule has 1 saturated carbocycles. The van der Waals surface area contributed by atoms with E-state index in [-0.39, 0.29) is 17.7 Å². The number of amides is 2. The van der Waals surface area contributed by atoms with Gasteiger partial charge in [-0.3, -0.25) is 14.4 Å².